The predicted molar refractivity (Wildman–Crippen MR) is 86.0 cm³/mol. The Bertz CT molecular complexity index is 719. The number of aliphatic hydroxyl groups excluding tert-OH is 2. The molecule has 2 rings (SSSR count). The molecule has 1 heterocycles. The van der Waals surface area contributed by atoms with E-state index in [0.29, 0.717) is 0 Å². The fourth-order valence-electron chi connectivity index (χ4n) is 2.36. The van der Waals surface area contributed by atoms with E-state index in [4.69, 9.17) is 5.21 Å². The minimum Gasteiger partial charge on any atom is -0.859 e. The van der Waals surface area contributed by atoms with Crippen LogP contribution in [-0.2, 0) is 0 Å². The van der Waals surface area contributed by atoms with Crippen molar-refractivity contribution in [2.24, 2.45) is 0 Å². The topological polar surface area (TPSA) is 180 Å². The molecule has 0 bridgehead atoms. The second-order valence-electron chi connectivity index (χ2n) is 5.40. The van der Waals surface area contributed by atoms with E-state index in [1.165, 1.54) is 31.3 Å². The molecule has 0 spiro atoms. The molecule has 0 amide bonds. The minimum atomic E-state index is -1.36. The third-order valence-electron chi connectivity index (χ3n) is 3.73. The molecule has 0 fully saturated rings. The van der Waals surface area contributed by atoms with E-state index in [9.17, 15) is 30.6 Å². The zero-order valence-corrected chi connectivity index (χ0v) is 13.6. The molecule has 0 unspecified atom stereocenters. The van der Waals surface area contributed by atoms with Crippen molar-refractivity contribution in [3.8, 4) is 0 Å². The third kappa shape index (κ3) is 3.94. The molecule has 1 aliphatic heterocycles. The normalized spacial score (nSPS) is 17.9. The zero-order valence-electron chi connectivity index (χ0n) is 13.6. The summed E-state index contributed by atoms with van der Waals surface area (Å²) in [7, 11) is 1.40. The van der Waals surface area contributed by atoms with Gasteiger partial charge < -0.3 is 31.1 Å². The number of nitro groups is 1. The van der Waals surface area contributed by atoms with Gasteiger partial charge in [0.15, 0.2) is 0 Å². The van der Waals surface area contributed by atoms with E-state index >= 15 is 0 Å². The van der Waals surface area contributed by atoms with Gasteiger partial charge >= 0.3 is 5.70 Å². The second kappa shape index (κ2) is 7.88. The Kier molecular flexibility index (Phi) is 5.84. The second-order valence-corrected chi connectivity index (χ2v) is 5.40. The zero-order chi connectivity index (χ0) is 19.4. The van der Waals surface area contributed by atoms with Crippen LogP contribution in [0.15, 0.2) is 47.7 Å². The molecule has 0 aromatic heterocycles. The maximum atomic E-state index is 12.3. The summed E-state index contributed by atoms with van der Waals surface area (Å²) in [5, 5.41) is 65.8. The smallest absolute Gasteiger partial charge is 0.312 e. The molecule has 142 valence electrons. The van der Waals surface area contributed by atoms with Crippen molar-refractivity contribution in [3.63, 3.8) is 0 Å². The van der Waals surface area contributed by atoms with Crippen LogP contribution < -0.4 is 21.1 Å². The van der Waals surface area contributed by atoms with Crippen molar-refractivity contribution in [1.29, 1.82) is 0 Å². The SMILES string of the molecule is CN1NC=C([N+](=O)[O-])C1=C([O-])N[C@H](CO)[C@@H](O)c1ccc(N([O-])O)cc1. The Morgan fingerprint density at radius 3 is 2.54 bits per heavy atom. The summed E-state index contributed by atoms with van der Waals surface area (Å²) in [6, 6.07) is 3.96. The Morgan fingerprint density at radius 1 is 1.42 bits per heavy atom. The molecule has 2 atom stereocenters. The van der Waals surface area contributed by atoms with Gasteiger partial charge in [0, 0.05) is 7.05 Å². The van der Waals surface area contributed by atoms with Crippen molar-refractivity contribution in [3.05, 3.63) is 68.6 Å². The van der Waals surface area contributed by atoms with Gasteiger partial charge in [0.05, 0.1) is 29.5 Å². The molecule has 0 saturated heterocycles. The third-order valence-corrected chi connectivity index (χ3v) is 3.73. The van der Waals surface area contributed by atoms with Crippen LogP contribution >= 0.6 is 0 Å². The first-order valence-corrected chi connectivity index (χ1v) is 7.34. The summed E-state index contributed by atoms with van der Waals surface area (Å²) in [4.78, 5) is 10.2. The van der Waals surface area contributed by atoms with Crippen LogP contribution in [0.4, 0.5) is 5.69 Å². The quantitative estimate of drug-likeness (QED) is 0.214. The maximum absolute atomic E-state index is 12.3. The van der Waals surface area contributed by atoms with Crippen molar-refractivity contribution in [2.45, 2.75) is 12.1 Å². The maximum Gasteiger partial charge on any atom is 0.312 e. The highest BCUT2D eigenvalue weighted by Crippen LogP contribution is 2.23. The monoisotopic (exact) mass is 367 g/mol. The fraction of sp³-hybridized carbons (Fsp3) is 0.286. The molecule has 1 aromatic rings. The van der Waals surface area contributed by atoms with Crippen LogP contribution in [0.2, 0.25) is 0 Å². The van der Waals surface area contributed by atoms with E-state index in [2.05, 4.69) is 10.7 Å². The van der Waals surface area contributed by atoms with E-state index in [-0.39, 0.29) is 22.2 Å². The van der Waals surface area contributed by atoms with Crippen molar-refractivity contribution in [2.75, 3.05) is 18.9 Å². The van der Waals surface area contributed by atoms with Crippen LogP contribution in [0.3, 0.4) is 0 Å². The number of nitrogens with zero attached hydrogens (tertiary/aromatic N) is 3. The first-order valence-electron chi connectivity index (χ1n) is 7.34. The first kappa shape index (κ1) is 19.3. The van der Waals surface area contributed by atoms with Gasteiger partial charge in [-0.15, -0.1) is 0 Å². The summed E-state index contributed by atoms with van der Waals surface area (Å²) < 4.78 is 0. The molecule has 0 saturated carbocycles. The molecule has 12 nitrogen and oxygen atoms in total. The van der Waals surface area contributed by atoms with Gasteiger partial charge in [0.2, 0.25) is 0 Å². The molecule has 1 aliphatic rings. The lowest BCUT2D eigenvalue weighted by molar-refractivity contribution is -0.423. The number of anilines is 1. The summed E-state index contributed by atoms with van der Waals surface area (Å²) >= 11 is 0. The van der Waals surface area contributed by atoms with Crippen LogP contribution in [0.25, 0.3) is 0 Å². The lowest BCUT2D eigenvalue weighted by atomic mass is 10.0. The molecular formula is C14H17N5O7-2. The largest absolute Gasteiger partial charge is 0.859 e. The fourth-order valence-corrected chi connectivity index (χ4v) is 2.36. The van der Waals surface area contributed by atoms with Gasteiger partial charge in [-0.05, 0) is 23.6 Å². The van der Waals surface area contributed by atoms with Crippen LogP contribution in [0, 0.1) is 15.3 Å². The lowest BCUT2D eigenvalue weighted by Crippen LogP contribution is -2.43. The number of nitrogens with one attached hydrogen (secondary N) is 2. The van der Waals surface area contributed by atoms with Crippen molar-refractivity contribution < 1.29 is 25.5 Å². The van der Waals surface area contributed by atoms with E-state index in [0.717, 1.165) is 11.2 Å². The number of hydrazine groups is 1. The van der Waals surface area contributed by atoms with E-state index in [1.54, 1.807) is 0 Å². The summed E-state index contributed by atoms with van der Waals surface area (Å²) in [6.45, 7) is -0.649. The lowest BCUT2D eigenvalue weighted by Gasteiger charge is -2.30. The summed E-state index contributed by atoms with van der Waals surface area (Å²) in [6.07, 6.45) is -0.318. The van der Waals surface area contributed by atoms with Gasteiger partial charge in [-0.3, -0.25) is 25.8 Å². The molecule has 26 heavy (non-hydrogen) atoms. The number of likely N-dealkylation sites (N-methyl/N-ethyl adjacent to an activating group) is 1. The number of aliphatic hydroxyl groups is 2. The Labute approximate surface area is 147 Å². The highest BCUT2D eigenvalue weighted by Gasteiger charge is 2.29. The average Bonchev–Trinajstić information content (AvgIpc) is 3.01. The summed E-state index contributed by atoms with van der Waals surface area (Å²) in [5.74, 6) is -0.865. The van der Waals surface area contributed by atoms with Crippen LogP contribution in [0.5, 0.6) is 0 Å². The van der Waals surface area contributed by atoms with E-state index < -0.39 is 35.3 Å². The van der Waals surface area contributed by atoms with Gasteiger partial charge in [-0.2, -0.15) is 0 Å². The number of hydrogen-bond acceptors (Lipinski definition) is 11. The molecule has 0 radical (unpaired) electrons. The number of benzene rings is 1. The molecule has 0 aliphatic carbocycles. The Balaban J connectivity index is 2.21. The molecule has 5 N–H and O–H groups in total. The van der Waals surface area contributed by atoms with E-state index in [1.807, 2.05) is 0 Å². The molecular weight excluding hydrogens is 350 g/mol. The Hall–Kier alpha value is -3.06. The number of rotatable bonds is 7. The van der Waals surface area contributed by atoms with Gasteiger partial charge in [-0.25, -0.2) is 0 Å². The van der Waals surface area contributed by atoms with Crippen LogP contribution in [0.1, 0.15) is 11.7 Å². The van der Waals surface area contributed by atoms with Gasteiger partial charge in [0.1, 0.15) is 11.8 Å². The minimum absolute atomic E-state index is 0.0690. The van der Waals surface area contributed by atoms with Crippen molar-refractivity contribution in [1.82, 2.24) is 15.8 Å². The predicted octanol–water partition coefficient (Wildman–Crippen LogP) is -1.54. The first-order chi connectivity index (χ1) is 12.3. The average molecular weight is 367 g/mol. The molecule has 12 heteroatoms. The summed E-state index contributed by atoms with van der Waals surface area (Å²) in [5.41, 5.74) is 1.94. The van der Waals surface area contributed by atoms with Gasteiger partial charge in [-0.1, -0.05) is 12.1 Å². The number of hydrogen-bond donors (Lipinski definition) is 5. The highest BCUT2D eigenvalue weighted by molar-refractivity contribution is 5.46. The highest BCUT2D eigenvalue weighted by atomic mass is 16.8. The van der Waals surface area contributed by atoms with Crippen LogP contribution in [-0.4, -0.2) is 45.0 Å². The molecule has 1 aromatic carbocycles. The standard InChI is InChI=1S/C14H18N5O7/c1-17-12(11(6-15-17)19(25)26)14(22)16-10(7-20)13(21)8-2-4-9(5-3-8)18(23)24/h2-6,10,13,15-16,20-23H,7H2,1H3/q-1/p-1/t10-,13+/m1/s1. The Morgan fingerprint density at radius 2 is 2.04 bits per heavy atom. The van der Waals surface area contributed by atoms with Gasteiger partial charge in [0.25, 0.3) is 0 Å². The van der Waals surface area contributed by atoms with Crippen molar-refractivity contribution >= 4 is 5.69 Å².